The lowest BCUT2D eigenvalue weighted by atomic mass is 10.2. The molecule has 0 spiro atoms. The fraction of sp³-hybridized carbons (Fsp3) is 0.550. The molecule has 1 unspecified atom stereocenters. The number of aliphatic imine (C=N–C) groups is 1. The number of hydrogen-bond donors (Lipinski definition) is 2. The quantitative estimate of drug-likeness (QED) is 0.381. The molecule has 1 aromatic heterocycles. The largest absolute Gasteiger partial charge is 0.492 e. The van der Waals surface area contributed by atoms with Crippen molar-refractivity contribution in [2.24, 2.45) is 4.99 Å². The Morgan fingerprint density at radius 3 is 2.74 bits per heavy atom. The van der Waals surface area contributed by atoms with Gasteiger partial charge in [0.15, 0.2) is 5.96 Å². The van der Waals surface area contributed by atoms with Crippen LogP contribution in [0, 0.1) is 6.92 Å². The highest BCUT2D eigenvalue weighted by atomic mass is 16.5. The van der Waals surface area contributed by atoms with Gasteiger partial charge in [-0.25, -0.2) is 0 Å². The highest BCUT2D eigenvalue weighted by molar-refractivity contribution is 5.80. The van der Waals surface area contributed by atoms with Gasteiger partial charge in [-0.05, 0) is 32.4 Å². The monoisotopic (exact) mass is 372 g/mol. The smallest absolute Gasteiger partial charge is 0.191 e. The van der Waals surface area contributed by atoms with Crippen molar-refractivity contribution in [1.82, 2.24) is 25.4 Å². The van der Waals surface area contributed by atoms with Gasteiger partial charge in [-0.3, -0.25) is 4.99 Å². The Morgan fingerprint density at radius 2 is 2.04 bits per heavy atom. The van der Waals surface area contributed by atoms with Crippen molar-refractivity contribution >= 4 is 5.96 Å². The minimum atomic E-state index is 0.357. The molecular weight excluding hydrogens is 340 g/mol. The van der Waals surface area contributed by atoms with Gasteiger partial charge in [-0.15, -0.1) is 10.2 Å². The van der Waals surface area contributed by atoms with E-state index in [4.69, 9.17) is 4.74 Å². The predicted molar refractivity (Wildman–Crippen MR) is 109 cm³/mol. The predicted octanol–water partition coefficient (Wildman–Crippen LogP) is 2.56. The first-order chi connectivity index (χ1) is 13.1. The van der Waals surface area contributed by atoms with Gasteiger partial charge in [-0.2, -0.15) is 0 Å². The van der Waals surface area contributed by atoms with Gasteiger partial charge < -0.3 is 19.9 Å². The lowest BCUT2D eigenvalue weighted by molar-refractivity contribution is 0.321. The van der Waals surface area contributed by atoms with Crippen LogP contribution in [0.15, 0.2) is 35.6 Å². The molecule has 7 nitrogen and oxygen atoms in total. The molecule has 148 valence electrons. The molecule has 1 heterocycles. The standard InChI is InChI=1S/C20H32N6O/c1-5-17(4)24-20(21-11-13-26-15-23-25-19(26)6-2)22-12-14-27-18-9-7-16(3)8-10-18/h7-10,15,17H,5-6,11-14H2,1-4H3,(H2,21,22,24). The van der Waals surface area contributed by atoms with E-state index >= 15 is 0 Å². The van der Waals surface area contributed by atoms with E-state index in [0.29, 0.717) is 25.7 Å². The summed E-state index contributed by atoms with van der Waals surface area (Å²) in [6.07, 6.45) is 3.67. The summed E-state index contributed by atoms with van der Waals surface area (Å²) >= 11 is 0. The zero-order chi connectivity index (χ0) is 19.5. The van der Waals surface area contributed by atoms with Gasteiger partial charge in [-0.1, -0.05) is 31.5 Å². The van der Waals surface area contributed by atoms with E-state index in [0.717, 1.165) is 36.9 Å². The summed E-state index contributed by atoms with van der Waals surface area (Å²) in [5.74, 6) is 2.68. The molecule has 0 aliphatic heterocycles. The average Bonchev–Trinajstić information content (AvgIpc) is 3.13. The van der Waals surface area contributed by atoms with Crippen molar-refractivity contribution in [2.75, 3.05) is 19.7 Å². The van der Waals surface area contributed by atoms with Crippen molar-refractivity contribution in [3.05, 3.63) is 42.0 Å². The number of ether oxygens (including phenoxy) is 1. The molecule has 2 N–H and O–H groups in total. The van der Waals surface area contributed by atoms with Crippen LogP contribution in [0.4, 0.5) is 0 Å². The molecule has 0 saturated heterocycles. The van der Waals surface area contributed by atoms with Crippen molar-refractivity contribution in [2.45, 2.75) is 53.1 Å². The first kappa shape index (κ1) is 20.7. The number of nitrogens with zero attached hydrogens (tertiary/aromatic N) is 4. The van der Waals surface area contributed by atoms with Crippen LogP contribution in [0.1, 0.15) is 38.6 Å². The lowest BCUT2D eigenvalue weighted by Gasteiger charge is -2.17. The number of guanidine groups is 1. The van der Waals surface area contributed by atoms with E-state index in [1.807, 2.05) is 16.7 Å². The summed E-state index contributed by atoms with van der Waals surface area (Å²) in [6.45, 7) is 11.1. The molecular formula is C20H32N6O. The zero-order valence-electron chi connectivity index (χ0n) is 16.9. The van der Waals surface area contributed by atoms with Gasteiger partial charge in [0.1, 0.15) is 24.5 Å². The van der Waals surface area contributed by atoms with Gasteiger partial charge in [0.05, 0.1) is 13.1 Å². The highest BCUT2D eigenvalue weighted by Gasteiger charge is 2.05. The molecule has 0 saturated carbocycles. The zero-order valence-corrected chi connectivity index (χ0v) is 16.9. The Kier molecular flexibility index (Phi) is 8.61. The number of rotatable bonds is 10. The Labute approximate surface area is 162 Å². The maximum absolute atomic E-state index is 5.77. The van der Waals surface area contributed by atoms with Crippen LogP contribution in [0.3, 0.4) is 0 Å². The topological polar surface area (TPSA) is 76.4 Å². The van der Waals surface area contributed by atoms with E-state index < -0.39 is 0 Å². The molecule has 0 aliphatic carbocycles. The SMILES string of the molecule is CCc1nncn1CCN=C(NCCOc1ccc(C)cc1)NC(C)CC. The molecule has 2 aromatic rings. The summed E-state index contributed by atoms with van der Waals surface area (Å²) in [5, 5.41) is 14.8. The number of aromatic nitrogens is 3. The van der Waals surface area contributed by atoms with Crippen molar-refractivity contribution in [3.8, 4) is 5.75 Å². The fourth-order valence-corrected chi connectivity index (χ4v) is 2.47. The third kappa shape index (κ3) is 7.29. The summed E-state index contributed by atoms with van der Waals surface area (Å²) in [4.78, 5) is 4.68. The van der Waals surface area contributed by atoms with Crippen LogP contribution in [0.25, 0.3) is 0 Å². The normalized spacial score (nSPS) is 12.7. The molecule has 1 aromatic carbocycles. The molecule has 0 bridgehead atoms. The lowest BCUT2D eigenvalue weighted by Crippen LogP contribution is -2.43. The molecule has 27 heavy (non-hydrogen) atoms. The van der Waals surface area contributed by atoms with E-state index in [1.165, 1.54) is 5.56 Å². The second-order valence-electron chi connectivity index (χ2n) is 6.57. The third-order valence-electron chi connectivity index (χ3n) is 4.30. The number of benzene rings is 1. The van der Waals surface area contributed by atoms with Crippen LogP contribution < -0.4 is 15.4 Å². The van der Waals surface area contributed by atoms with Gasteiger partial charge >= 0.3 is 0 Å². The van der Waals surface area contributed by atoms with Gasteiger partial charge in [0, 0.05) is 19.0 Å². The van der Waals surface area contributed by atoms with E-state index in [9.17, 15) is 0 Å². The Hall–Kier alpha value is -2.57. The Bertz CT molecular complexity index is 695. The van der Waals surface area contributed by atoms with Crippen molar-refractivity contribution in [3.63, 3.8) is 0 Å². The molecule has 1 atom stereocenters. The molecule has 0 fully saturated rings. The molecule has 7 heteroatoms. The van der Waals surface area contributed by atoms with Crippen LogP contribution in [0.2, 0.25) is 0 Å². The van der Waals surface area contributed by atoms with Crippen molar-refractivity contribution < 1.29 is 4.74 Å². The maximum atomic E-state index is 5.77. The second-order valence-corrected chi connectivity index (χ2v) is 6.57. The van der Waals surface area contributed by atoms with Gasteiger partial charge in [0.25, 0.3) is 0 Å². The minimum Gasteiger partial charge on any atom is -0.492 e. The Morgan fingerprint density at radius 1 is 1.26 bits per heavy atom. The summed E-state index contributed by atoms with van der Waals surface area (Å²) < 4.78 is 7.82. The first-order valence-electron chi connectivity index (χ1n) is 9.73. The van der Waals surface area contributed by atoms with Crippen LogP contribution >= 0.6 is 0 Å². The number of aryl methyl sites for hydroxylation is 2. The fourth-order valence-electron chi connectivity index (χ4n) is 2.47. The maximum Gasteiger partial charge on any atom is 0.191 e. The summed E-state index contributed by atoms with van der Waals surface area (Å²) in [7, 11) is 0. The first-order valence-corrected chi connectivity index (χ1v) is 9.73. The number of hydrogen-bond acceptors (Lipinski definition) is 4. The average molecular weight is 373 g/mol. The van der Waals surface area contributed by atoms with E-state index in [-0.39, 0.29) is 0 Å². The summed E-state index contributed by atoms with van der Waals surface area (Å²) in [6, 6.07) is 8.44. The third-order valence-corrected chi connectivity index (χ3v) is 4.30. The highest BCUT2D eigenvalue weighted by Crippen LogP contribution is 2.10. The van der Waals surface area contributed by atoms with E-state index in [1.54, 1.807) is 6.33 Å². The minimum absolute atomic E-state index is 0.357. The van der Waals surface area contributed by atoms with Crippen LogP contribution in [0.5, 0.6) is 5.75 Å². The van der Waals surface area contributed by atoms with Crippen LogP contribution in [-0.4, -0.2) is 46.5 Å². The molecule has 0 amide bonds. The van der Waals surface area contributed by atoms with Gasteiger partial charge in [0.2, 0.25) is 0 Å². The van der Waals surface area contributed by atoms with Crippen molar-refractivity contribution in [1.29, 1.82) is 0 Å². The molecule has 0 aliphatic rings. The molecule has 0 radical (unpaired) electrons. The second kappa shape index (κ2) is 11.2. The Balaban J connectivity index is 1.82. The van der Waals surface area contributed by atoms with E-state index in [2.05, 4.69) is 65.7 Å². The molecule has 2 rings (SSSR count). The summed E-state index contributed by atoms with van der Waals surface area (Å²) in [5.41, 5.74) is 1.23. The number of nitrogens with one attached hydrogen (secondary N) is 2. The van der Waals surface area contributed by atoms with Crippen LogP contribution in [-0.2, 0) is 13.0 Å².